The molecule has 2 rings (SSSR count). The molecular weight excluding hydrogens is 316 g/mol. The van der Waals surface area contributed by atoms with Gasteiger partial charge < -0.3 is 14.6 Å². The Kier molecular flexibility index (Phi) is 6.22. The van der Waals surface area contributed by atoms with E-state index in [-0.39, 0.29) is 12.5 Å². The van der Waals surface area contributed by atoms with Gasteiger partial charge in [0, 0.05) is 28.7 Å². The molecule has 0 fully saturated rings. The van der Waals surface area contributed by atoms with Crippen molar-refractivity contribution in [1.29, 1.82) is 0 Å². The molecule has 0 saturated carbocycles. The molecule has 0 aliphatic heterocycles. The quantitative estimate of drug-likeness (QED) is 0.599. The summed E-state index contributed by atoms with van der Waals surface area (Å²) in [5.74, 6) is 0.573. The van der Waals surface area contributed by atoms with Gasteiger partial charge in [0.15, 0.2) is 0 Å². The zero-order valence-corrected chi connectivity index (χ0v) is 15.5. The zero-order chi connectivity index (χ0) is 18.4. The molecule has 0 aliphatic rings. The average molecular weight is 342 g/mol. The number of carbonyl (C=O) groups is 1. The van der Waals surface area contributed by atoms with Crippen molar-refractivity contribution >= 4 is 17.8 Å². The molecule has 0 radical (unpaired) electrons. The number of hydrogen-bond donors (Lipinski definition) is 2. The number of hydrogen-bond acceptors (Lipinski definition) is 4. The minimum absolute atomic E-state index is 0.148. The number of methoxy groups -OCH3 is 1. The van der Waals surface area contributed by atoms with Crippen molar-refractivity contribution in [2.45, 2.75) is 33.7 Å². The number of benzene rings is 1. The van der Waals surface area contributed by atoms with Gasteiger partial charge in [-0.1, -0.05) is 0 Å². The zero-order valence-electron chi connectivity index (χ0n) is 15.5. The highest BCUT2D eigenvalue weighted by atomic mass is 16.5. The fraction of sp³-hybridized carbons (Fsp3) is 0.368. The molecule has 25 heavy (non-hydrogen) atoms. The lowest BCUT2D eigenvalue weighted by Gasteiger charge is -2.13. The fourth-order valence-corrected chi connectivity index (χ4v) is 2.83. The molecule has 2 N–H and O–H groups in total. The summed E-state index contributed by atoms with van der Waals surface area (Å²) >= 11 is 0. The standard InChI is InChI=1S/C19H26N4O2/c1-13(2)23-14(3)10-16(15(23)4)11-21-22-19(24)12-20-17-6-8-18(25-5)9-7-17/h6-11,13,20H,12H2,1-5H3,(H,22,24)/b21-11-. The predicted octanol–water partition coefficient (Wildman–Crippen LogP) is 3.26. The third-order valence-corrected chi connectivity index (χ3v) is 3.98. The molecule has 1 amide bonds. The van der Waals surface area contributed by atoms with Crippen LogP contribution < -0.4 is 15.5 Å². The van der Waals surface area contributed by atoms with Gasteiger partial charge in [-0.25, -0.2) is 5.43 Å². The molecule has 0 spiro atoms. The van der Waals surface area contributed by atoms with E-state index >= 15 is 0 Å². The number of anilines is 1. The summed E-state index contributed by atoms with van der Waals surface area (Å²) in [5.41, 5.74) is 6.72. The van der Waals surface area contributed by atoms with Gasteiger partial charge in [-0.2, -0.15) is 5.10 Å². The Morgan fingerprint density at radius 1 is 1.28 bits per heavy atom. The van der Waals surface area contributed by atoms with Crippen molar-refractivity contribution in [3.8, 4) is 5.75 Å². The molecular formula is C19H26N4O2. The van der Waals surface area contributed by atoms with Crippen LogP contribution in [0.5, 0.6) is 5.75 Å². The van der Waals surface area contributed by atoms with E-state index in [1.807, 2.05) is 24.3 Å². The van der Waals surface area contributed by atoms with Crippen molar-refractivity contribution in [1.82, 2.24) is 9.99 Å². The monoisotopic (exact) mass is 342 g/mol. The Labute approximate surface area is 148 Å². The number of nitrogens with one attached hydrogen (secondary N) is 2. The highest BCUT2D eigenvalue weighted by Gasteiger charge is 2.09. The third kappa shape index (κ3) is 4.86. The molecule has 0 bridgehead atoms. The van der Waals surface area contributed by atoms with Crippen LogP contribution in [-0.2, 0) is 4.79 Å². The maximum Gasteiger partial charge on any atom is 0.259 e. The Bertz CT molecular complexity index is 746. The van der Waals surface area contributed by atoms with E-state index < -0.39 is 0 Å². The lowest BCUT2D eigenvalue weighted by atomic mass is 10.2. The van der Waals surface area contributed by atoms with Gasteiger partial charge in [0.2, 0.25) is 0 Å². The highest BCUT2D eigenvalue weighted by molar-refractivity contribution is 5.85. The van der Waals surface area contributed by atoms with Crippen LogP contribution in [0.15, 0.2) is 35.4 Å². The maximum absolute atomic E-state index is 11.9. The van der Waals surface area contributed by atoms with Crippen LogP contribution in [0.25, 0.3) is 0 Å². The summed E-state index contributed by atoms with van der Waals surface area (Å²) in [5, 5.41) is 7.10. The smallest absolute Gasteiger partial charge is 0.259 e. The first-order chi connectivity index (χ1) is 11.9. The topological polar surface area (TPSA) is 67.7 Å². The number of aryl methyl sites for hydroxylation is 1. The third-order valence-electron chi connectivity index (χ3n) is 3.98. The van der Waals surface area contributed by atoms with Crippen molar-refractivity contribution in [2.24, 2.45) is 5.10 Å². The molecule has 6 heteroatoms. The van der Waals surface area contributed by atoms with Crippen LogP contribution in [-0.4, -0.2) is 30.3 Å². The van der Waals surface area contributed by atoms with Crippen molar-refractivity contribution in [3.05, 3.63) is 47.3 Å². The SMILES string of the molecule is COc1ccc(NCC(=O)N/N=C\c2cc(C)n(C(C)C)c2C)cc1. The Balaban J connectivity index is 1.87. The van der Waals surface area contributed by atoms with Crippen LogP contribution in [0, 0.1) is 13.8 Å². The van der Waals surface area contributed by atoms with Gasteiger partial charge in [-0.15, -0.1) is 0 Å². The molecule has 2 aromatic rings. The van der Waals surface area contributed by atoms with Gasteiger partial charge in [0.1, 0.15) is 5.75 Å². The predicted molar refractivity (Wildman–Crippen MR) is 102 cm³/mol. The number of amides is 1. The number of carbonyl (C=O) groups excluding carboxylic acids is 1. The molecule has 0 saturated heterocycles. The maximum atomic E-state index is 11.9. The molecule has 0 aliphatic carbocycles. The second kappa shape index (κ2) is 8.37. The molecule has 1 heterocycles. The number of nitrogens with zero attached hydrogens (tertiary/aromatic N) is 2. The summed E-state index contributed by atoms with van der Waals surface area (Å²) < 4.78 is 7.34. The normalized spacial score (nSPS) is 11.1. The van der Waals surface area contributed by atoms with Crippen molar-refractivity contribution < 1.29 is 9.53 Å². The van der Waals surface area contributed by atoms with Crippen LogP contribution >= 0.6 is 0 Å². The summed E-state index contributed by atoms with van der Waals surface area (Å²) in [6, 6.07) is 9.85. The molecule has 134 valence electrons. The average Bonchev–Trinajstić information content (AvgIpc) is 2.87. The van der Waals surface area contributed by atoms with Crippen LogP contribution in [0.2, 0.25) is 0 Å². The van der Waals surface area contributed by atoms with Crippen LogP contribution in [0.4, 0.5) is 5.69 Å². The molecule has 1 aromatic carbocycles. The van der Waals surface area contributed by atoms with Gasteiger partial charge in [0.25, 0.3) is 5.91 Å². The van der Waals surface area contributed by atoms with Crippen LogP contribution in [0.3, 0.4) is 0 Å². The van der Waals surface area contributed by atoms with Crippen LogP contribution in [0.1, 0.15) is 36.8 Å². The summed E-state index contributed by atoms with van der Waals surface area (Å²) in [4.78, 5) is 11.9. The van der Waals surface area contributed by atoms with Gasteiger partial charge in [0.05, 0.1) is 19.9 Å². The van der Waals surface area contributed by atoms with E-state index in [0.29, 0.717) is 6.04 Å². The molecule has 6 nitrogen and oxygen atoms in total. The summed E-state index contributed by atoms with van der Waals surface area (Å²) in [6.45, 7) is 8.57. The second-order valence-electron chi connectivity index (χ2n) is 6.17. The lowest BCUT2D eigenvalue weighted by molar-refractivity contribution is -0.119. The first-order valence-electron chi connectivity index (χ1n) is 8.30. The number of hydrazone groups is 1. The highest BCUT2D eigenvalue weighted by Crippen LogP contribution is 2.18. The second-order valence-corrected chi connectivity index (χ2v) is 6.17. The summed E-state index contributed by atoms with van der Waals surface area (Å²) in [6.07, 6.45) is 1.69. The Morgan fingerprint density at radius 2 is 1.96 bits per heavy atom. The Hall–Kier alpha value is -2.76. The van der Waals surface area contributed by atoms with E-state index in [1.165, 1.54) is 5.69 Å². The van der Waals surface area contributed by atoms with Gasteiger partial charge in [-0.05, 0) is 58.0 Å². The van der Waals surface area contributed by atoms with E-state index in [9.17, 15) is 4.79 Å². The number of aromatic nitrogens is 1. The number of ether oxygens (including phenoxy) is 1. The van der Waals surface area contributed by atoms with E-state index in [4.69, 9.17) is 4.74 Å². The van der Waals surface area contributed by atoms with E-state index in [0.717, 1.165) is 22.7 Å². The van der Waals surface area contributed by atoms with E-state index in [1.54, 1.807) is 13.3 Å². The van der Waals surface area contributed by atoms with Crippen molar-refractivity contribution in [2.75, 3.05) is 19.0 Å². The van der Waals surface area contributed by atoms with E-state index in [2.05, 4.69) is 54.2 Å². The van der Waals surface area contributed by atoms with Gasteiger partial charge >= 0.3 is 0 Å². The Morgan fingerprint density at radius 3 is 2.52 bits per heavy atom. The molecule has 0 unspecified atom stereocenters. The lowest BCUT2D eigenvalue weighted by Crippen LogP contribution is -2.25. The van der Waals surface area contributed by atoms with Gasteiger partial charge in [-0.3, -0.25) is 4.79 Å². The van der Waals surface area contributed by atoms with Crippen molar-refractivity contribution in [3.63, 3.8) is 0 Å². The number of rotatable bonds is 7. The first-order valence-corrected chi connectivity index (χ1v) is 8.30. The summed E-state index contributed by atoms with van der Waals surface area (Å²) in [7, 11) is 1.62. The minimum Gasteiger partial charge on any atom is -0.497 e. The molecule has 0 atom stereocenters. The first kappa shape index (κ1) is 18.6. The minimum atomic E-state index is -0.204. The fourth-order valence-electron chi connectivity index (χ4n) is 2.83. The largest absolute Gasteiger partial charge is 0.497 e. The molecule has 1 aromatic heterocycles.